The third kappa shape index (κ3) is 3.18. The molecule has 2 rings (SSSR count). The largest absolute Gasteiger partial charge is 0.494 e. The monoisotopic (exact) mass is 310 g/mol. The zero-order valence-corrected chi connectivity index (χ0v) is 13.0. The summed E-state index contributed by atoms with van der Waals surface area (Å²) >= 11 is 0. The molecule has 7 heteroatoms. The molecule has 0 bridgehead atoms. The Morgan fingerprint density at radius 3 is 2.48 bits per heavy atom. The molecule has 0 amide bonds. The molecule has 1 heterocycles. The van der Waals surface area contributed by atoms with Gasteiger partial charge in [-0.3, -0.25) is 0 Å². The standard InChI is InChI=1S/C14H18N2O4S/c1-4-19-11-7-5-10(6-8-11)12-13(16-20-14(12)15)9(2)21(3,17)18/h5-9H,4,15H2,1-3H3. The highest BCUT2D eigenvalue weighted by Crippen LogP contribution is 2.36. The Labute approximate surface area is 123 Å². The van der Waals surface area contributed by atoms with Gasteiger partial charge in [-0.05, 0) is 31.5 Å². The van der Waals surface area contributed by atoms with E-state index in [1.807, 2.05) is 6.92 Å². The van der Waals surface area contributed by atoms with Gasteiger partial charge in [-0.15, -0.1) is 0 Å². The van der Waals surface area contributed by atoms with E-state index in [0.29, 0.717) is 17.9 Å². The molecule has 0 saturated carbocycles. The van der Waals surface area contributed by atoms with Gasteiger partial charge in [0, 0.05) is 6.26 Å². The Balaban J connectivity index is 2.46. The topological polar surface area (TPSA) is 95.4 Å². The number of nitrogens with zero attached hydrogens (tertiary/aromatic N) is 1. The molecule has 0 aliphatic heterocycles. The number of sulfone groups is 1. The molecular formula is C14H18N2O4S. The van der Waals surface area contributed by atoms with Crippen molar-refractivity contribution in [2.24, 2.45) is 0 Å². The summed E-state index contributed by atoms with van der Waals surface area (Å²) in [5, 5.41) is 3.02. The van der Waals surface area contributed by atoms with Crippen LogP contribution in [0, 0.1) is 0 Å². The molecule has 114 valence electrons. The van der Waals surface area contributed by atoms with Crippen LogP contribution in [0.3, 0.4) is 0 Å². The normalized spacial score (nSPS) is 13.1. The molecule has 1 unspecified atom stereocenters. The van der Waals surface area contributed by atoms with Gasteiger partial charge in [0.25, 0.3) is 0 Å². The van der Waals surface area contributed by atoms with Crippen LogP contribution in [0.25, 0.3) is 11.1 Å². The van der Waals surface area contributed by atoms with E-state index in [0.717, 1.165) is 17.6 Å². The number of nitrogen functional groups attached to an aromatic ring is 1. The fraction of sp³-hybridized carbons (Fsp3) is 0.357. The molecule has 0 spiro atoms. The zero-order chi connectivity index (χ0) is 15.6. The van der Waals surface area contributed by atoms with E-state index in [4.69, 9.17) is 15.0 Å². The Hall–Kier alpha value is -2.02. The molecule has 1 aromatic heterocycles. The van der Waals surface area contributed by atoms with Crippen LogP contribution in [0.5, 0.6) is 5.75 Å². The van der Waals surface area contributed by atoms with Crippen molar-refractivity contribution in [3.8, 4) is 16.9 Å². The second-order valence-electron chi connectivity index (χ2n) is 4.74. The molecule has 2 aromatic rings. The third-order valence-corrected chi connectivity index (χ3v) is 4.73. The first-order valence-corrected chi connectivity index (χ1v) is 8.47. The number of rotatable bonds is 5. The lowest BCUT2D eigenvalue weighted by Crippen LogP contribution is -2.09. The van der Waals surface area contributed by atoms with Crippen LogP contribution in [0.4, 0.5) is 5.88 Å². The quantitative estimate of drug-likeness (QED) is 0.911. The summed E-state index contributed by atoms with van der Waals surface area (Å²) in [5.74, 6) is 0.832. The number of benzene rings is 1. The predicted octanol–water partition coefficient (Wildman–Crippen LogP) is 2.43. The lowest BCUT2D eigenvalue weighted by Gasteiger charge is -2.09. The van der Waals surface area contributed by atoms with Gasteiger partial charge in [0.1, 0.15) is 16.7 Å². The molecule has 1 aromatic carbocycles. The Kier molecular flexibility index (Phi) is 4.22. The molecule has 0 aliphatic carbocycles. The van der Waals surface area contributed by atoms with Gasteiger partial charge < -0.3 is 15.0 Å². The van der Waals surface area contributed by atoms with Gasteiger partial charge in [-0.25, -0.2) is 8.42 Å². The van der Waals surface area contributed by atoms with Gasteiger partial charge in [0.2, 0.25) is 5.88 Å². The highest BCUT2D eigenvalue weighted by molar-refractivity contribution is 7.90. The Morgan fingerprint density at radius 1 is 1.33 bits per heavy atom. The highest BCUT2D eigenvalue weighted by atomic mass is 32.2. The molecular weight excluding hydrogens is 292 g/mol. The molecule has 1 atom stereocenters. The van der Waals surface area contributed by atoms with Crippen molar-refractivity contribution < 1.29 is 17.7 Å². The summed E-state index contributed by atoms with van der Waals surface area (Å²) in [4.78, 5) is 0. The van der Waals surface area contributed by atoms with Crippen molar-refractivity contribution in [1.29, 1.82) is 0 Å². The third-order valence-electron chi connectivity index (χ3n) is 3.23. The maximum absolute atomic E-state index is 11.7. The Morgan fingerprint density at radius 2 is 1.95 bits per heavy atom. The van der Waals surface area contributed by atoms with Crippen molar-refractivity contribution in [2.45, 2.75) is 19.1 Å². The number of hydrogen-bond acceptors (Lipinski definition) is 6. The van der Waals surface area contributed by atoms with Gasteiger partial charge in [-0.2, -0.15) is 0 Å². The highest BCUT2D eigenvalue weighted by Gasteiger charge is 2.27. The average molecular weight is 310 g/mol. The Bertz CT molecular complexity index is 720. The molecule has 0 fully saturated rings. The maximum Gasteiger partial charge on any atom is 0.230 e. The van der Waals surface area contributed by atoms with Crippen molar-refractivity contribution in [3.05, 3.63) is 30.0 Å². The SMILES string of the molecule is CCOc1ccc(-c2c(C(C)S(C)(=O)=O)noc2N)cc1. The van der Waals surface area contributed by atoms with Crippen LogP contribution in [0.2, 0.25) is 0 Å². The van der Waals surface area contributed by atoms with Crippen LogP contribution in [-0.4, -0.2) is 26.4 Å². The predicted molar refractivity (Wildman–Crippen MR) is 80.8 cm³/mol. The van der Waals surface area contributed by atoms with Gasteiger partial charge in [-0.1, -0.05) is 17.3 Å². The minimum absolute atomic E-state index is 0.102. The number of aromatic nitrogens is 1. The van der Waals surface area contributed by atoms with E-state index in [1.54, 1.807) is 31.2 Å². The maximum atomic E-state index is 11.7. The average Bonchev–Trinajstić information content (AvgIpc) is 2.80. The van der Waals surface area contributed by atoms with E-state index in [1.165, 1.54) is 0 Å². The van der Waals surface area contributed by atoms with E-state index in [9.17, 15) is 8.42 Å². The smallest absolute Gasteiger partial charge is 0.230 e. The summed E-state index contributed by atoms with van der Waals surface area (Å²) in [6.07, 6.45) is 1.16. The summed E-state index contributed by atoms with van der Waals surface area (Å²) < 4.78 is 33.8. The van der Waals surface area contributed by atoms with Crippen LogP contribution in [0.15, 0.2) is 28.8 Å². The zero-order valence-electron chi connectivity index (χ0n) is 12.2. The lowest BCUT2D eigenvalue weighted by molar-refractivity contribution is 0.340. The van der Waals surface area contributed by atoms with E-state index >= 15 is 0 Å². The second-order valence-corrected chi connectivity index (χ2v) is 7.10. The fourth-order valence-electron chi connectivity index (χ4n) is 1.97. The summed E-state index contributed by atoms with van der Waals surface area (Å²) in [6, 6.07) is 7.18. The van der Waals surface area contributed by atoms with Crippen LogP contribution in [0.1, 0.15) is 24.8 Å². The lowest BCUT2D eigenvalue weighted by atomic mass is 10.0. The summed E-state index contributed by atoms with van der Waals surface area (Å²) in [6.45, 7) is 4.04. The van der Waals surface area contributed by atoms with E-state index in [-0.39, 0.29) is 5.88 Å². The van der Waals surface area contributed by atoms with Crippen molar-refractivity contribution in [3.63, 3.8) is 0 Å². The van der Waals surface area contributed by atoms with Gasteiger partial charge >= 0.3 is 0 Å². The van der Waals surface area contributed by atoms with Gasteiger partial charge in [0.15, 0.2) is 9.84 Å². The van der Waals surface area contributed by atoms with E-state index < -0.39 is 15.1 Å². The van der Waals surface area contributed by atoms with Crippen molar-refractivity contribution >= 4 is 15.7 Å². The first-order chi connectivity index (χ1) is 9.84. The van der Waals surface area contributed by atoms with Gasteiger partial charge in [0.05, 0.1) is 12.2 Å². The second kappa shape index (κ2) is 5.77. The first kappa shape index (κ1) is 15.4. The minimum atomic E-state index is -3.29. The number of anilines is 1. The van der Waals surface area contributed by atoms with Crippen molar-refractivity contribution in [2.75, 3.05) is 18.6 Å². The molecule has 21 heavy (non-hydrogen) atoms. The molecule has 2 N–H and O–H groups in total. The molecule has 0 aliphatic rings. The minimum Gasteiger partial charge on any atom is -0.494 e. The van der Waals surface area contributed by atoms with Crippen molar-refractivity contribution in [1.82, 2.24) is 5.16 Å². The molecule has 0 saturated heterocycles. The van der Waals surface area contributed by atoms with Crippen LogP contribution in [-0.2, 0) is 9.84 Å². The fourth-order valence-corrected chi connectivity index (χ4v) is 2.54. The number of hydrogen-bond donors (Lipinski definition) is 1. The number of nitrogens with two attached hydrogens (primary N) is 1. The first-order valence-electron chi connectivity index (χ1n) is 6.51. The molecule has 0 radical (unpaired) electrons. The number of ether oxygens (including phenoxy) is 1. The van der Waals surface area contributed by atoms with E-state index in [2.05, 4.69) is 5.16 Å². The summed E-state index contributed by atoms with van der Waals surface area (Å²) in [5.41, 5.74) is 7.36. The summed E-state index contributed by atoms with van der Waals surface area (Å²) in [7, 11) is -3.29. The van der Waals surface area contributed by atoms with Crippen LogP contribution >= 0.6 is 0 Å². The molecule has 6 nitrogen and oxygen atoms in total. The van der Waals surface area contributed by atoms with Crippen LogP contribution < -0.4 is 10.5 Å².